The molecule has 2 atom stereocenters. The first-order chi connectivity index (χ1) is 10.3. The molecule has 0 aliphatic heterocycles. The third kappa shape index (κ3) is 1.88. The fraction of sp³-hybridized carbons (Fsp3) is 0.471. The summed E-state index contributed by atoms with van der Waals surface area (Å²) in [5.74, 6) is 0.316. The fourth-order valence-corrected chi connectivity index (χ4v) is 4.12. The number of nitro benzene ring substituents is 1. The quantitative estimate of drug-likeness (QED) is 0.522. The Bertz CT molecular complexity index is 680. The van der Waals surface area contributed by atoms with Crippen molar-refractivity contribution < 1.29 is 9.72 Å². The number of rotatable bonds is 3. The van der Waals surface area contributed by atoms with Crippen molar-refractivity contribution in [2.75, 3.05) is 5.32 Å². The van der Waals surface area contributed by atoms with Crippen molar-refractivity contribution in [2.24, 2.45) is 16.7 Å². The first-order valence-corrected chi connectivity index (χ1v) is 7.54. The Kier molecular flexibility index (Phi) is 3.13. The van der Waals surface area contributed by atoms with Crippen LogP contribution >= 0.6 is 0 Å². The molecule has 0 unspecified atom stereocenters. The Morgan fingerprint density at radius 3 is 2.68 bits per heavy atom. The molecule has 1 aromatic rings. The number of hydrogen-bond donors (Lipinski definition) is 1. The van der Waals surface area contributed by atoms with Gasteiger partial charge in [0.1, 0.15) is 5.69 Å². The highest BCUT2D eigenvalue weighted by atomic mass is 16.6. The van der Waals surface area contributed by atoms with Crippen molar-refractivity contribution in [2.45, 2.75) is 33.1 Å². The Morgan fingerprint density at radius 1 is 1.41 bits per heavy atom. The minimum Gasteiger partial charge on any atom is -0.320 e. The van der Waals surface area contributed by atoms with Gasteiger partial charge in [-0.25, -0.2) is 0 Å². The number of carbonyl (C=O) groups is 1. The van der Waals surface area contributed by atoms with E-state index in [0.29, 0.717) is 5.92 Å². The van der Waals surface area contributed by atoms with Crippen molar-refractivity contribution in [1.29, 1.82) is 0 Å². The van der Waals surface area contributed by atoms with Crippen molar-refractivity contribution in [1.82, 2.24) is 0 Å². The van der Waals surface area contributed by atoms with Crippen LogP contribution < -0.4 is 5.32 Å². The van der Waals surface area contributed by atoms with E-state index in [1.54, 1.807) is 18.2 Å². The molecule has 2 bridgehead atoms. The van der Waals surface area contributed by atoms with Crippen molar-refractivity contribution >= 4 is 17.3 Å². The highest BCUT2D eigenvalue weighted by Crippen LogP contribution is 2.65. The maximum atomic E-state index is 12.9. The second-order valence-electron chi connectivity index (χ2n) is 6.95. The lowest BCUT2D eigenvalue weighted by atomic mass is 9.68. The topological polar surface area (TPSA) is 72.2 Å². The monoisotopic (exact) mass is 300 g/mol. The van der Waals surface area contributed by atoms with Gasteiger partial charge in [0.15, 0.2) is 0 Å². The summed E-state index contributed by atoms with van der Waals surface area (Å²) in [7, 11) is 0. The molecule has 5 nitrogen and oxygen atoms in total. The lowest BCUT2D eigenvalue weighted by Crippen LogP contribution is -2.37. The average Bonchev–Trinajstić information content (AvgIpc) is 2.99. The smallest absolute Gasteiger partial charge is 0.292 e. The zero-order valence-corrected chi connectivity index (χ0v) is 12.9. The lowest BCUT2D eigenvalue weighted by Gasteiger charge is -2.37. The molecule has 2 saturated carbocycles. The Hall–Kier alpha value is -2.17. The summed E-state index contributed by atoms with van der Waals surface area (Å²) in [6.07, 6.45) is 2.59. The van der Waals surface area contributed by atoms with Crippen LogP contribution in [0.4, 0.5) is 11.4 Å². The average molecular weight is 300 g/mol. The van der Waals surface area contributed by atoms with E-state index in [9.17, 15) is 14.9 Å². The number of amides is 1. The minimum atomic E-state index is -0.572. The highest BCUT2D eigenvalue weighted by molar-refractivity contribution is 6.00. The van der Waals surface area contributed by atoms with E-state index in [2.05, 4.69) is 25.7 Å². The number of fused-ring (bicyclic) bond motifs is 2. The summed E-state index contributed by atoms with van der Waals surface area (Å²) >= 11 is 0. The first-order valence-electron chi connectivity index (χ1n) is 7.54. The van der Waals surface area contributed by atoms with Crippen LogP contribution in [-0.2, 0) is 4.79 Å². The molecule has 2 aliphatic carbocycles. The molecule has 1 amide bonds. The third-order valence-electron chi connectivity index (χ3n) is 5.67. The summed E-state index contributed by atoms with van der Waals surface area (Å²) in [4.78, 5) is 23.5. The number of benzene rings is 1. The number of hydrogen-bond acceptors (Lipinski definition) is 3. The van der Waals surface area contributed by atoms with Gasteiger partial charge in [-0.05, 0) is 36.7 Å². The molecule has 22 heavy (non-hydrogen) atoms. The van der Waals surface area contributed by atoms with Crippen LogP contribution in [0.3, 0.4) is 0 Å². The molecular weight excluding hydrogens is 280 g/mol. The summed E-state index contributed by atoms with van der Waals surface area (Å²) in [6.45, 7) is 8.46. The Morgan fingerprint density at radius 2 is 2.09 bits per heavy atom. The molecule has 116 valence electrons. The maximum Gasteiger partial charge on any atom is 0.292 e. The second-order valence-corrected chi connectivity index (χ2v) is 6.95. The van der Waals surface area contributed by atoms with Gasteiger partial charge in [-0.3, -0.25) is 14.9 Å². The number of para-hydroxylation sites is 2. The van der Waals surface area contributed by atoms with Crippen LogP contribution in [0.25, 0.3) is 0 Å². The van der Waals surface area contributed by atoms with Gasteiger partial charge in [-0.2, -0.15) is 0 Å². The zero-order valence-electron chi connectivity index (χ0n) is 12.9. The number of nitrogens with zero attached hydrogens (tertiary/aromatic N) is 1. The van der Waals surface area contributed by atoms with Crippen LogP contribution in [0, 0.1) is 26.9 Å². The van der Waals surface area contributed by atoms with Gasteiger partial charge in [0.25, 0.3) is 5.69 Å². The van der Waals surface area contributed by atoms with Gasteiger partial charge >= 0.3 is 0 Å². The Labute approximate surface area is 129 Å². The van der Waals surface area contributed by atoms with Crippen LogP contribution in [0.15, 0.2) is 36.4 Å². The third-order valence-corrected chi connectivity index (χ3v) is 5.67. The lowest BCUT2D eigenvalue weighted by molar-refractivity contribution is -0.383. The van der Waals surface area contributed by atoms with Gasteiger partial charge < -0.3 is 5.32 Å². The predicted octanol–water partition coefficient (Wildman–Crippen LogP) is 3.92. The van der Waals surface area contributed by atoms with Crippen molar-refractivity contribution in [3.05, 3.63) is 46.5 Å². The SMILES string of the molecule is C=C1C(C)(C)[C@H]2CC[C@@]1(C(=O)Nc1ccccc1[N+](=O)[O-])C2. The molecule has 0 saturated heterocycles. The molecule has 3 rings (SSSR count). The van der Waals surface area contributed by atoms with E-state index in [1.165, 1.54) is 6.07 Å². The van der Waals surface area contributed by atoms with Crippen molar-refractivity contribution in [3.63, 3.8) is 0 Å². The van der Waals surface area contributed by atoms with E-state index >= 15 is 0 Å². The molecule has 0 spiro atoms. The summed E-state index contributed by atoms with van der Waals surface area (Å²) in [5.41, 5.74) is 0.528. The maximum absolute atomic E-state index is 12.9. The molecule has 2 fully saturated rings. The highest BCUT2D eigenvalue weighted by Gasteiger charge is 2.60. The molecule has 5 heteroatoms. The molecule has 2 aliphatic rings. The minimum absolute atomic E-state index is 0.0434. The van der Waals surface area contributed by atoms with Gasteiger partial charge in [0.05, 0.1) is 10.3 Å². The van der Waals surface area contributed by atoms with Gasteiger partial charge in [0, 0.05) is 6.07 Å². The van der Waals surface area contributed by atoms with Gasteiger partial charge in [0.2, 0.25) is 5.91 Å². The predicted molar refractivity (Wildman–Crippen MR) is 84.4 cm³/mol. The van der Waals surface area contributed by atoms with Gasteiger partial charge in [-0.1, -0.05) is 38.1 Å². The number of nitrogens with one attached hydrogen (secondary N) is 1. The standard InChI is InChI=1S/C17H20N2O3/c1-11-16(2,3)12-8-9-17(11,10-12)15(20)18-13-6-4-5-7-14(13)19(21)22/h4-7,12H,1,8-10H2,2-3H3,(H,18,20)/t12-,17+/m0/s1. The molecule has 1 N–H and O–H groups in total. The Balaban J connectivity index is 1.91. The summed E-state index contributed by atoms with van der Waals surface area (Å²) < 4.78 is 0. The molecule has 0 radical (unpaired) electrons. The van der Waals surface area contributed by atoms with E-state index in [0.717, 1.165) is 24.8 Å². The van der Waals surface area contributed by atoms with E-state index < -0.39 is 10.3 Å². The molecule has 0 aromatic heterocycles. The zero-order chi connectivity index (χ0) is 16.1. The normalized spacial score (nSPS) is 28.6. The van der Waals surface area contributed by atoms with Crippen molar-refractivity contribution in [3.8, 4) is 0 Å². The number of anilines is 1. The largest absolute Gasteiger partial charge is 0.320 e. The van der Waals surface area contributed by atoms with E-state index in [-0.39, 0.29) is 22.7 Å². The number of carbonyl (C=O) groups excluding carboxylic acids is 1. The first kappa shape index (κ1) is 14.8. The van der Waals surface area contributed by atoms with Crippen LogP contribution in [-0.4, -0.2) is 10.8 Å². The van der Waals surface area contributed by atoms with Gasteiger partial charge in [-0.15, -0.1) is 0 Å². The fourth-order valence-electron chi connectivity index (χ4n) is 4.12. The molecule has 0 heterocycles. The van der Waals surface area contributed by atoms with Crippen LogP contribution in [0.2, 0.25) is 0 Å². The van der Waals surface area contributed by atoms with Crippen LogP contribution in [0.5, 0.6) is 0 Å². The van der Waals surface area contributed by atoms with Crippen LogP contribution in [0.1, 0.15) is 33.1 Å². The summed E-state index contributed by atoms with van der Waals surface area (Å²) in [5, 5.41) is 13.9. The van der Waals surface area contributed by atoms with E-state index in [4.69, 9.17) is 0 Å². The second kappa shape index (κ2) is 4.66. The van der Waals surface area contributed by atoms with E-state index in [1.807, 2.05) is 0 Å². The molecule has 1 aromatic carbocycles. The molecular formula is C17H20N2O3. The number of nitro groups is 1. The summed E-state index contributed by atoms with van der Waals surface area (Å²) in [6, 6.07) is 6.25.